The Morgan fingerprint density at radius 2 is 1.94 bits per heavy atom. The monoisotopic (exact) mass is 230 g/mol. The van der Waals surface area contributed by atoms with E-state index in [4.69, 9.17) is 4.74 Å². The second-order valence-electron chi connectivity index (χ2n) is 6.36. The van der Waals surface area contributed by atoms with E-state index in [9.17, 15) is 4.79 Å². The highest BCUT2D eigenvalue weighted by Gasteiger charge is 2.53. The number of ether oxygens (including phenoxy) is 1. The van der Waals surface area contributed by atoms with Gasteiger partial charge in [0.1, 0.15) is 12.4 Å². The van der Waals surface area contributed by atoms with Crippen LogP contribution in [0.2, 0.25) is 0 Å². The fourth-order valence-electron chi connectivity index (χ4n) is 2.39. The van der Waals surface area contributed by atoms with Gasteiger partial charge in [0.05, 0.1) is 11.0 Å². The smallest absolute Gasteiger partial charge is 0.176 e. The number of carbonyl (C=O) groups excluding carboxylic acids is 1. The molecule has 0 bridgehead atoms. The third-order valence-corrected chi connectivity index (χ3v) is 3.93. The highest BCUT2D eigenvalue weighted by Crippen LogP contribution is 2.52. The summed E-state index contributed by atoms with van der Waals surface area (Å²) in [6, 6.07) is 6.04. The predicted octanol–water partition coefficient (Wildman–Crippen LogP) is 3.34. The number of ketones is 1. The normalized spacial score (nSPS) is 21.0. The van der Waals surface area contributed by atoms with Gasteiger partial charge in [0.2, 0.25) is 0 Å². The van der Waals surface area contributed by atoms with Crippen LogP contribution in [0.5, 0.6) is 5.75 Å². The minimum atomic E-state index is -0.163. The lowest BCUT2D eigenvalue weighted by molar-refractivity contribution is 0.0798. The highest BCUT2D eigenvalue weighted by molar-refractivity contribution is 6.05. The molecule has 2 heteroatoms. The lowest BCUT2D eigenvalue weighted by Gasteiger charge is -2.26. The number of carbonyl (C=O) groups is 1. The fourth-order valence-corrected chi connectivity index (χ4v) is 2.39. The van der Waals surface area contributed by atoms with E-state index < -0.39 is 0 Å². The quantitative estimate of drug-likeness (QED) is 0.683. The summed E-state index contributed by atoms with van der Waals surface area (Å²) in [5.41, 5.74) is 1.90. The number of Topliss-reactive ketones (excluding diaryl/α,β-unsaturated/α-hetero) is 1. The Hall–Kier alpha value is -1.31. The first kappa shape index (κ1) is 10.8. The van der Waals surface area contributed by atoms with Gasteiger partial charge in [0.15, 0.2) is 5.78 Å². The van der Waals surface area contributed by atoms with Crippen molar-refractivity contribution < 1.29 is 9.53 Å². The zero-order chi connectivity index (χ0) is 12.3. The van der Waals surface area contributed by atoms with E-state index in [1.165, 1.54) is 5.56 Å². The van der Waals surface area contributed by atoms with Crippen LogP contribution in [0, 0.1) is 5.41 Å². The first-order chi connectivity index (χ1) is 7.92. The Kier molecular flexibility index (Phi) is 1.99. The Morgan fingerprint density at radius 1 is 1.24 bits per heavy atom. The molecule has 1 aliphatic heterocycles. The van der Waals surface area contributed by atoms with Crippen molar-refractivity contribution in [1.82, 2.24) is 0 Å². The summed E-state index contributed by atoms with van der Waals surface area (Å²) in [7, 11) is 0. The summed E-state index contributed by atoms with van der Waals surface area (Å²) in [5, 5.41) is 0. The molecule has 2 aliphatic rings. The molecular weight excluding hydrogens is 212 g/mol. The predicted molar refractivity (Wildman–Crippen MR) is 66.6 cm³/mol. The number of fused-ring (bicyclic) bond motifs is 1. The van der Waals surface area contributed by atoms with Crippen LogP contribution >= 0.6 is 0 Å². The number of benzene rings is 1. The maximum absolute atomic E-state index is 12.4. The van der Waals surface area contributed by atoms with Gasteiger partial charge in [0.25, 0.3) is 0 Å². The summed E-state index contributed by atoms with van der Waals surface area (Å²) < 4.78 is 5.72. The largest absolute Gasteiger partial charge is 0.492 e. The Bertz CT molecular complexity index is 490. The van der Waals surface area contributed by atoms with Gasteiger partial charge in [-0.25, -0.2) is 0 Å². The van der Waals surface area contributed by atoms with Crippen LogP contribution in [0.4, 0.5) is 0 Å². The van der Waals surface area contributed by atoms with Crippen LogP contribution < -0.4 is 4.74 Å². The molecule has 0 aromatic heterocycles. The standard InChI is InChI=1S/C15H18O2/c1-14(2,3)10-4-5-12-11(8-10)13(16)15(6-7-15)9-17-12/h4-5,8H,6-7,9H2,1-3H3. The molecule has 0 atom stereocenters. The van der Waals surface area contributed by atoms with E-state index in [-0.39, 0.29) is 10.8 Å². The molecule has 0 unspecified atom stereocenters. The molecule has 1 aliphatic carbocycles. The summed E-state index contributed by atoms with van der Waals surface area (Å²) in [5.74, 6) is 1.06. The molecule has 0 amide bonds. The summed E-state index contributed by atoms with van der Waals surface area (Å²) in [4.78, 5) is 12.4. The van der Waals surface area contributed by atoms with E-state index in [1.807, 2.05) is 12.1 Å². The molecule has 1 saturated carbocycles. The molecule has 1 fully saturated rings. The fraction of sp³-hybridized carbons (Fsp3) is 0.533. The van der Waals surface area contributed by atoms with Crippen LogP contribution in [-0.2, 0) is 5.41 Å². The molecular formula is C15H18O2. The SMILES string of the molecule is CC(C)(C)c1ccc2c(c1)C(=O)C1(CC1)CO2. The van der Waals surface area contributed by atoms with Crippen LogP contribution in [0.1, 0.15) is 49.5 Å². The summed E-state index contributed by atoms with van der Waals surface area (Å²) in [6.45, 7) is 7.06. The molecule has 1 aromatic rings. The van der Waals surface area contributed by atoms with E-state index >= 15 is 0 Å². The Balaban J connectivity index is 2.08. The molecule has 3 rings (SSSR count). The van der Waals surface area contributed by atoms with Gasteiger partial charge >= 0.3 is 0 Å². The number of hydrogen-bond acceptors (Lipinski definition) is 2. The molecule has 1 heterocycles. The first-order valence-electron chi connectivity index (χ1n) is 6.25. The van der Waals surface area contributed by atoms with Crippen molar-refractivity contribution in [3.63, 3.8) is 0 Å². The third-order valence-electron chi connectivity index (χ3n) is 3.93. The van der Waals surface area contributed by atoms with Gasteiger partial charge in [-0.1, -0.05) is 26.8 Å². The van der Waals surface area contributed by atoms with Gasteiger partial charge in [0, 0.05) is 0 Å². The molecule has 17 heavy (non-hydrogen) atoms. The number of hydrogen-bond donors (Lipinski definition) is 0. The second-order valence-corrected chi connectivity index (χ2v) is 6.36. The van der Waals surface area contributed by atoms with Crippen molar-refractivity contribution in [2.24, 2.45) is 5.41 Å². The average Bonchev–Trinajstić information content (AvgIpc) is 3.04. The third kappa shape index (κ3) is 1.58. The van der Waals surface area contributed by atoms with Crippen molar-refractivity contribution >= 4 is 5.78 Å². The van der Waals surface area contributed by atoms with Gasteiger partial charge in [-0.3, -0.25) is 4.79 Å². The van der Waals surface area contributed by atoms with Crippen molar-refractivity contribution in [3.05, 3.63) is 29.3 Å². The number of rotatable bonds is 0. The van der Waals surface area contributed by atoms with Crippen molar-refractivity contribution in [2.75, 3.05) is 6.61 Å². The van der Waals surface area contributed by atoms with Crippen LogP contribution in [0.3, 0.4) is 0 Å². The van der Waals surface area contributed by atoms with Gasteiger partial charge in [-0.05, 0) is 36.0 Å². The minimum Gasteiger partial charge on any atom is -0.492 e. The molecule has 1 aromatic carbocycles. The van der Waals surface area contributed by atoms with E-state index in [1.54, 1.807) is 0 Å². The second kappa shape index (κ2) is 3.12. The summed E-state index contributed by atoms with van der Waals surface area (Å²) in [6.07, 6.45) is 1.98. The van der Waals surface area contributed by atoms with Crippen molar-refractivity contribution in [2.45, 2.75) is 39.0 Å². The van der Waals surface area contributed by atoms with E-state index in [2.05, 4.69) is 26.8 Å². The molecule has 0 N–H and O–H groups in total. The van der Waals surface area contributed by atoms with Crippen molar-refractivity contribution in [3.8, 4) is 5.75 Å². The maximum Gasteiger partial charge on any atom is 0.176 e. The Labute approximate surface area is 102 Å². The van der Waals surface area contributed by atoms with E-state index in [0.29, 0.717) is 12.4 Å². The van der Waals surface area contributed by atoms with Crippen LogP contribution in [0.25, 0.3) is 0 Å². The first-order valence-corrected chi connectivity index (χ1v) is 6.25. The summed E-state index contributed by atoms with van der Waals surface area (Å²) >= 11 is 0. The molecule has 0 radical (unpaired) electrons. The van der Waals surface area contributed by atoms with Crippen LogP contribution in [-0.4, -0.2) is 12.4 Å². The van der Waals surface area contributed by atoms with Gasteiger partial charge in [-0.2, -0.15) is 0 Å². The van der Waals surface area contributed by atoms with E-state index in [0.717, 1.165) is 24.2 Å². The zero-order valence-corrected chi connectivity index (χ0v) is 10.7. The molecule has 0 saturated heterocycles. The molecule has 2 nitrogen and oxygen atoms in total. The molecule has 1 spiro atoms. The topological polar surface area (TPSA) is 26.3 Å². The highest BCUT2D eigenvalue weighted by atomic mass is 16.5. The van der Waals surface area contributed by atoms with Crippen LogP contribution in [0.15, 0.2) is 18.2 Å². The Morgan fingerprint density at radius 3 is 2.53 bits per heavy atom. The zero-order valence-electron chi connectivity index (χ0n) is 10.7. The van der Waals surface area contributed by atoms with Gasteiger partial charge < -0.3 is 4.74 Å². The minimum absolute atomic E-state index is 0.0729. The molecule has 90 valence electrons. The van der Waals surface area contributed by atoms with Crippen molar-refractivity contribution in [1.29, 1.82) is 0 Å². The van der Waals surface area contributed by atoms with Gasteiger partial charge in [-0.15, -0.1) is 0 Å². The average molecular weight is 230 g/mol. The maximum atomic E-state index is 12.4. The lowest BCUT2D eigenvalue weighted by Crippen LogP contribution is -2.29. The lowest BCUT2D eigenvalue weighted by atomic mass is 9.83.